The lowest BCUT2D eigenvalue weighted by atomic mass is 10.1. The van der Waals surface area contributed by atoms with Crippen LogP contribution in [0.1, 0.15) is 219 Å². The van der Waals surface area contributed by atoms with Crippen LogP contribution in [0.3, 0.4) is 0 Å². The summed E-state index contributed by atoms with van der Waals surface area (Å²) >= 11 is 0. The molecule has 0 aromatic carbocycles. The molecule has 0 fully saturated rings. The van der Waals surface area contributed by atoms with E-state index in [0.29, 0.717) is 13.0 Å². The van der Waals surface area contributed by atoms with Crippen LogP contribution in [0.5, 0.6) is 0 Å². The summed E-state index contributed by atoms with van der Waals surface area (Å²) in [5.74, 6) is -1.79. The van der Waals surface area contributed by atoms with Crippen LogP contribution >= 0.6 is 7.82 Å². The van der Waals surface area contributed by atoms with Gasteiger partial charge >= 0.3 is 19.8 Å². The number of carbonyl (C=O) groups excluding carboxylic acids is 1. The zero-order chi connectivity index (χ0) is 47.6. The zero-order valence-electron chi connectivity index (χ0n) is 41.3. The van der Waals surface area contributed by atoms with Gasteiger partial charge in [0.2, 0.25) is 0 Å². The summed E-state index contributed by atoms with van der Waals surface area (Å²) in [5.41, 5.74) is 5.38. The van der Waals surface area contributed by atoms with Crippen LogP contribution in [0.2, 0.25) is 0 Å². The minimum Gasteiger partial charge on any atom is -0.480 e. The maximum absolute atomic E-state index is 12.7. The van der Waals surface area contributed by atoms with Gasteiger partial charge in [0.15, 0.2) is 0 Å². The Morgan fingerprint density at radius 1 is 0.508 bits per heavy atom. The second-order valence-electron chi connectivity index (χ2n) is 17.3. The topological polar surface area (TPSA) is 155 Å². The Balaban J connectivity index is 4.18. The van der Waals surface area contributed by atoms with Gasteiger partial charge in [-0.15, -0.1) is 0 Å². The van der Waals surface area contributed by atoms with Gasteiger partial charge in [0.05, 0.1) is 19.8 Å². The minimum absolute atomic E-state index is 0.00320. The van der Waals surface area contributed by atoms with Gasteiger partial charge in [-0.3, -0.25) is 18.6 Å². The lowest BCUT2D eigenvalue weighted by Crippen LogP contribution is -2.34. The fraction of sp³-hybridized carbons (Fsp3) is 0.741. The van der Waals surface area contributed by atoms with Gasteiger partial charge in [-0.1, -0.05) is 202 Å². The normalized spacial score (nSPS) is 14.3. The Morgan fingerprint density at radius 2 is 0.892 bits per heavy atom. The summed E-state index contributed by atoms with van der Waals surface area (Å²) in [6.07, 6.45) is 62.4. The van der Waals surface area contributed by atoms with E-state index in [4.69, 9.17) is 29.4 Å². The molecule has 376 valence electrons. The molecule has 0 spiro atoms. The van der Waals surface area contributed by atoms with Crippen molar-refractivity contribution in [1.82, 2.24) is 0 Å². The first kappa shape index (κ1) is 62.4. The number of phosphoric acid groups is 1. The van der Waals surface area contributed by atoms with Gasteiger partial charge in [0.25, 0.3) is 0 Å². The first-order valence-electron chi connectivity index (χ1n) is 26.0. The highest BCUT2D eigenvalue weighted by Crippen LogP contribution is 2.43. The number of esters is 1. The van der Waals surface area contributed by atoms with Gasteiger partial charge in [0.1, 0.15) is 12.1 Å². The van der Waals surface area contributed by atoms with Gasteiger partial charge in [-0.05, 0) is 83.5 Å². The number of allylic oxidation sites excluding steroid dienone is 12. The van der Waals surface area contributed by atoms with Crippen molar-refractivity contribution >= 4 is 19.8 Å². The average molecular weight is 934 g/mol. The van der Waals surface area contributed by atoms with Crippen LogP contribution in [0.4, 0.5) is 0 Å². The molecule has 0 aromatic rings. The van der Waals surface area contributed by atoms with Crippen molar-refractivity contribution in [3.05, 3.63) is 72.9 Å². The molecule has 0 aliphatic carbocycles. The molecule has 4 N–H and O–H groups in total. The number of unbranched alkanes of at least 4 members (excludes halogenated alkanes) is 23. The van der Waals surface area contributed by atoms with Crippen molar-refractivity contribution in [3.63, 3.8) is 0 Å². The minimum atomic E-state index is -4.63. The van der Waals surface area contributed by atoms with E-state index in [2.05, 4.69) is 86.8 Å². The monoisotopic (exact) mass is 934 g/mol. The largest absolute Gasteiger partial charge is 0.480 e. The second kappa shape index (κ2) is 49.3. The van der Waals surface area contributed by atoms with Crippen LogP contribution in [0.25, 0.3) is 0 Å². The second-order valence-corrected chi connectivity index (χ2v) is 18.7. The van der Waals surface area contributed by atoms with Gasteiger partial charge < -0.3 is 25.2 Å². The molecule has 0 radical (unpaired) electrons. The number of phosphoric ester groups is 1. The molecule has 0 rings (SSSR count). The maximum Gasteiger partial charge on any atom is 0.472 e. The van der Waals surface area contributed by atoms with Crippen LogP contribution < -0.4 is 5.73 Å². The predicted molar refractivity (Wildman–Crippen MR) is 272 cm³/mol. The van der Waals surface area contributed by atoms with E-state index in [1.165, 1.54) is 109 Å². The van der Waals surface area contributed by atoms with Crippen molar-refractivity contribution in [3.8, 4) is 0 Å². The van der Waals surface area contributed by atoms with Crippen molar-refractivity contribution in [2.75, 3.05) is 26.4 Å². The molecule has 0 aromatic heterocycles. The lowest BCUT2D eigenvalue weighted by Gasteiger charge is -2.20. The molecular formula is C54H96NO9P. The molecule has 0 heterocycles. The highest BCUT2D eigenvalue weighted by atomic mass is 31.2. The smallest absolute Gasteiger partial charge is 0.472 e. The maximum atomic E-state index is 12.7. The standard InChI is InChI=1S/C54H96NO9P/c1-3-5-7-9-11-13-15-17-19-21-23-25-27-29-31-33-35-37-39-41-43-45-47-61-48-51(49-62-65(59,60)63-50-52(55)54(57)58)64-53(56)46-44-42-40-38-36-34-32-30-28-26-24-22-20-18-16-14-12-10-8-6-4-2/h5,7,11,13,17,19,22-25,29,31,51-52H,3-4,6,8-10,12,14-16,18,20-21,26-28,30,32-50,55H2,1-2H3,(H,57,58)(H,59,60)/b7-5-,13-11-,19-17-,24-22-,25-23-,31-29-. The predicted octanol–water partition coefficient (Wildman–Crippen LogP) is 15.3. The molecule has 11 heteroatoms. The zero-order valence-corrected chi connectivity index (χ0v) is 42.2. The van der Waals surface area contributed by atoms with E-state index in [-0.39, 0.29) is 13.0 Å². The molecular weight excluding hydrogens is 838 g/mol. The van der Waals surface area contributed by atoms with E-state index < -0.39 is 45.1 Å². The van der Waals surface area contributed by atoms with Crippen molar-refractivity contribution in [1.29, 1.82) is 0 Å². The Hall–Kier alpha value is -2.59. The Kier molecular flexibility index (Phi) is 47.4. The molecule has 0 amide bonds. The quantitative estimate of drug-likeness (QED) is 0.0232. The third-order valence-corrected chi connectivity index (χ3v) is 11.9. The number of carbonyl (C=O) groups is 2. The van der Waals surface area contributed by atoms with Gasteiger partial charge in [0, 0.05) is 13.0 Å². The van der Waals surface area contributed by atoms with Crippen LogP contribution in [0, 0.1) is 0 Å². The molecule has 0 saturated heterocycles. The fourth-order valence-electron chi connectivity index (χ4n) is 6.98. The number of nitrogens with two attached hydrogens (primary N) is 1. The van der Waals surface area contributed by atoms with Gasteiger partial charge in [-0.2, -0.15) is 0 Å². The Bertz CT molecular complexity index is 1310. The van der Waals surface area contributed by atoms with E-state index >= 15 is 0 Å². The summed E-state index contributed by atoms with van der Waals surface area (Å²) in [7, 11) is -4.63. The number of carboxylic acids is 1. The first-order chi connectivity index (χ1) is 31.7. The molecule has 3 atom stereocenters. The Labute approximate surface area is 397 Å². The summed E-state index contributed by atoms with van der Waals surface area (Å²) in [4.78, 5) is 33.7. The molecule has 10 nitrogen and oxygen atoms in total. The molecule has 0 aliphatic rings. The van der Waals surface area contributed by atoms with Crippen LogP contribution in [0.15, 0.2) is 72.9 Å². The van der Waals surface area contributed by atoms with Crippen LogP contribution in [-0.2, 0) is 32.7 Å². The number of aliphatic carboxylic acids is 1. The van der Waals surface area contributed by atoms with E-state index in [0.717, 1.165) is 83.5 Å². The summed E-state index contributed by atoms with van der Waals surface area (Å²) in [5, 5.41) is 8.93. The van der Waals surface area contributed by atoms with Gasteiger partial charge in [-0.25, -0.2) is 4.57 Å². The summed E-state index contributed by atoms with van der Waals surface area (Å²) in [6.45, 7) is 3.75. The molecule has 65 heavy (non-hydrogen) atoms. The van der Waals surface area contributed by atoms with Crippen molar-refractivity contribution in [2.45, 2.75) is 231 Å². The molecule has 0 aliphatic heterocycles. The van der Waals surface area contributed by atoms with Crippen molar-refractivity contribution in [2.24, 2.45) is 5.73 Å². The number of hydrogen-bond donors (Lipinski definition) is 3. The third-order valence-electron chi connectivity index (χ3n) is 11.0. The highest BCUT2D eigenvalue weighted by molar-refractivity contribution is 7.47. The van der Waals surface area contributed by atoms with Crippen molar-refractivity contribution < 1.29 is 42.7 Å². The lowest BCUT2D eigenvalue weighted by molar-refractivity contribution is -0.154. The van der Waals surface area contributed by atoms with E-state index in [1.807, 2.05) is 0 Å². The Morgan fingerprint density at radius 3 is 1.35 bits per heavy atom. The molecule has 0 bridgehead atoms. The number of ether oxygens (including phenoxy) is 2. The fourth-order valence-corrected chi connectivity index (χ4v) is 7.76. The molecule has 0 saturated carbocycles. The third kappa shape index (κ3) is 49.1. The highest BCUT2D eigenvalue weighted by Gasteiger charge is 2.27. The number of rotatable bonds is 49. The SMILES string of the molecule is CC/C=C\C/C=C\C/C=C\C/C=C\C/C=C\CCCCCCCCOCC(COP(=O)(O)OCC(N)C(=O)O)OC(=O)CCCCCCCCCCC/C=C\CCCCCCCCCC. The number of hydrogen-bond acceptors (Lipinski definition) is 8. The summed E-state index contributed by atoms with van der Waals surface area (Å²) in [6, 6.07) is -1.48. The summed E-state index contributed by atoms with van der Waals surface area (Å²) < 4.78 is 33.5. The molecule has 3 unspecified atom stereocenters. The number of carboxylic acid groups (broad SMARTS) is 1. The van der Waals surface area contributed by atoms with E-state index in [9.17, 15) is 19.0 Å². The van der Waals surface area contributed by atoms with E-state index in [1.54, 1.807) is 0 Å². The van der Waals surface area contributed by atoms with Crippen LogP contribution in [-0.4, -0.2) is 60.5 Å². The average Bonchev–Trinajstić information content (AvgIpc) is 3.29. The first-order valence-corrected chi connectivity index (χ1v) is 27.5.